The third kappa shape index (κ3) is 6.48. The van der Waals surface area contributed by atoms with Crippen LogP contribution in [-0.2, 0) is 20.0 Å². The number of aliphatic hydroxyl groups is 1. The van der Waals surface area contributed by atoms with Gasteiger partial charge in [-0.25, -0.2) is 21.1 Å². The number of fused-ring (bicyclic) bond motifs is 1. The van der Waals surface area contributed by atoms with Crippen LogP contribution in [0, 0.1) is 5.92 Å². The molecule has 10 nitrogen and oxygen atoms in total. The van der Waals surface area contributed by atoms with Crippen LogP contribution < -0.4 is 9.46 Å². The maximum atomic E-state index is 13.5. The number of carbonyl (C=O) groups is 1. The Bertz CT molecular complexity index is 1320. The first kappa shape index (κ1) is 28.2. The number of sulfonamides is 2. The number of hydrogen-bond donors (Lipinski definition) is 2. The summed E-state index contributed by atoms with van der Waals surface area (Å²) in [6, 6.07) is 9.41. The molecule has 1 amide bonds. The predicted octanol–water partition coefficient (Wildman–Crippen LogP) is 2.25. The molecular formula is C23H30ClN3O7S2. The van der Waals surface area contributed by atoms with Gasteiger partial charge in [0.15, 0.2) is 0 Å². The van der Waals surface area contributed by atoms with Gasteiger partial charge in [-0.3, -0.25) is 9.52 Å². The summed E-state index contributed by atoms with van der Waals surface area (Å²) in [6.45, 7) is 3.48. The van der Waals surface area contributed by atoms with E-state index in [4.69, 9.17) is 16.3 Å². The van der Waals surface area contributed by atoms with Gasteiger partial charge in [0.05, 0.1) is 35.9 Å². The van der Waals surface area contributed by atoms with Crippen molar-refractivity contribution in [2.75, 3.05) is 37.7 Å². The molecule has 3 rings (SSSR count). The molecule has 1 heterocycles. The van der Waals surface area contributed by atoms with Crippen LogP contribution in [0.2, 0.25) is 5.02 Å². The lowest BCUT2D eigenvalue weighted by Gasteiger charge is -2.38. The SMILES string of the molecule is C[C@@H]1CN([C@H](C)CO)C(=O)c2cc(NS(=O)(=O)c3ccc(Cl)cc3)ccc2O[C@@H]1CN(C)S(C)(=O)=O. The average molecular weight is 560 g/mol. The summed E-state index contributed by atoms with van der Waals surface area (Å²) in [5.74, 6) is -0.535. The average Bonchev–Trinajstić information content (AvgIpc) is 2.80. The molecule has 0 spiro atoms. The fraction of sp³-hybridized carbons (Fsp3) is 0.435. The number of amides is 1. The Balaban J connectivity index is 2.01. The summed E-state index contributed by atoms with van der Waals surface area (Å²) in [5, 5.41) is 10.1. The third-order valence-corrected chi connectivity index (χ3v) is 8.97. The van der Waals surface area contributed by atoms with Gasteiger partial charge in [0.25, 0.3) is 15.9 Å². The normalized spacial score (nSPS) is 19.8. The first-order valence-electron chi connectivity index (χ1n) is 11.1. The van der Waals surface area contributed by atoms with E-state index < -0.39 is 38.1 Å². The van der Waals surface area contributed by atoms with E-state index in [1.165, 1.54) is 58.7 Å². The fourth-order valence-electron chi connectivity index (χ4n) is 3.72. The first-order chi connectivity index (χ1) is 16.7. The Morgan fingerprint density at radius 3 is 2.42 bits per heavy atom. The van der Waals surface area contributed by atoms with Crippen LogP contribution in [0.25, 0.3) is 0 Å². The molecule has 0 aromatic heterocycles. The number of anilines is 1. The molecule has 1 aliphatic heterocycles. The van der Waals surface area contributed by atoms with Crippen LogP contribution in [0.1, 0.15) is 24.2 Å². The number of rotatable bonds is 8. The lowest BCUT2D eigenvalue weighted by molar-refractivity contribution is 0.0387. The van der Waals surface area contributed by atoms with Gasteiger partial charge >= 0.3 is 0 Å². The number of likely N-dealkylation sites (N-methyl/N-ethyl adjacent to an activating group) is 1. The van der Waals surface area contributed by atoms with Gasteiger partial charge in [-0.05, 0) is 49.4 Å². The van der Waals surface area contributed by atoms with E-state index in [-0.39, 0.29) is 47.5 Å². The Hall–Kier alpha value is -2.38. The Morgan fingerprint density at radius 2 is 1.83 bits per heavy atom. The molecule has 36 heavy (non-hydrogen) atoms. The van der Waals surface area contributed by atoms with Gasteiger partial charge in [-0.2, -0.15) is 0 Å². The largest absolute Gasteiger partial charge is 0.488 e. The highest BCUT2D eigenvalue weighted by Gasteiger charge is 2.34. The van der Waals surface area contributed by atoms with Gasteiger partial charge in [-0.1, -0.05) is 18.5 Å². The van der Waals surface area contributed by atoms with Crippen LogP contribution in [-0.4, -0.2) is 82.2 Å². The van der Waals surface area contributed by atoms with Gasteiger partial charge in [0, 0.05) is 30.2 Å². The number of hydrogen-bond acceptors (Lipinski definition) is 7. The molecule has 13 heteroatoms. The highest BCUT2D eigenvalue weighted by atomic mass is 35.5. The number of nitrogens with one attached hydrogen (secondary N) is 1. The van der Waals surface area contributed by atoms with Gasteiger partial charge in [0.1, 0.15) is 11.9 Å². The highest BCUT2D eigenvalue weighted by Crippen LogP contribution is 2.31. The molecule has 3 atom stereocenters. The minimum atomic E-state index is -3.96. The van der Waals surface area contributed by atoms with Gasteiger partial charge < -0.3 is 14.7 Å². The van der Waals surface area contributed by atoms with E-state index >= 15 is 0 Å². The number of carbonyl (C=O) groups excluding carboxylic acids is 1. The van der Waals surface area contributed by atoms with E-state index in [0.717, 1.165) is 6.26 Å². The Labute approximate surface area is 216 Å². The Kier molecular flexibility index (Phi) is 8.56. The molecule has 198 valence electrons. The molecule has 0 fully saturated rings. The van der Waals surface area contributed by atoms with Crippen LogP contribution in [0.3, 0.4) is 0 Å². The second-order valence-electron chi connectivity index (χ2n) is 8.94. The van der Waals surface area contributed by atoms with E-state index in [1.54, 1.807) is 6.92 Å². The zero-order valence-electron chi connectivity index (χ0n) is 20.4. The molecule has 2 aromatic carbocycles. The number of halogens is 1. The predicted molar refractivity (Wildman–Crippen MR) is 137 cm³/mol. The number of ether oxygens (including phenoxy) is 1. The molecule has 2 aromatic rings. The Morgan fingerprint density at radius 1 is 1.19 bits per heavy atom. The number of benzene rings is 2. The van der Waals surface area contributed by atoms with Crippen molar-refractivity contribution in [1.29, 1.82) is 0 Å². The topological polar surface area (TPSA) is 133 Å². The minimum Gasteiger partial charge on any atom is -0.488 e. The van der Waals surface area contributed by atoms with Crippen molar-refractivity contribution in [1.82, 2.24) is 9.21 Å². The molecule has 1 aliphatic rings. The van der Waals surface area contributed by atoms with E-state index in [9.17, 15) is 26.7 Å². The van der Waals surface area contributed by atoms with Crippen LogP contribution in [0.5, 0.6) is 5.75 Å². The molecule has 0 saturated carbocycles. The van der Waals surface area contributed by atoms with Crippen LogP contribution >= 0.6 is 11.6 Å². The lowest BCUT2D eigenvalue weighted by atomic mass is 9.99. The minimum absolute atomic E-state index is 0.00514. The van der Waals surface area contributed by atoms with Crippen molar-refractivity contribution >= 4 is 43.2 Å². The van der Waals surface area contributed by atoms with Crippen molar-refractivity contribution in [3.8, 4) is 5.75 Å². The first-order valence-corrected chi connectivity index (χ1v) is 14.9. The summed E-state index contributed by atoms with van der Waals surface area (Å²) >= 11 is 5.85. The standard InChI is InChI=1S/C23H30ClN3O7S2/c1-15-12-27(16(2)14-28)23(29)20-11-18(25-36(32,33)19-8-5-17(24)6-9-19)7-10-21(20)34-22(15)13-26(3)35(4,30)31/h5-11,15-16,22,25,28H,12-14H2,1-4H3/t15-,16-,22-/m1/s1. The smallest absolute Gasteiger partial charge is 0.261 e. The van der Waals surface area contributed by atoms with E-state index in [2.05, 4.69) is 4.72 Å². The number of aliphatic hydroxyl groups excluding tert-OH is 1. The summed E-state index contributed by atoms with van der Waals surface area (Å²) < 4.78 is 59.4. The number of nitrogens with zero attached hydrogens (tertiary/aromatic N) is 2. The molecule has 0 bridgehead atoms. The van der Waals surface area contributed by atoms with Gasteiger partial charge in [-0.15, -0.1) is 0 Å². The summed E-state index contributed by atoms with van der Waals surface area (Å²) in [6.07, 6.45) is 0.485. The van der Waals surface area contributed by atoms with Crippen LogP contribution in [0.4, 0.5) is 5.69 Å². The molecule has 0 unspecified atom stereocenters. The van der Waals surface area contributed by atoms with E-state index in [1.807, 2.05) is 6.92 Å². The highest BCUT2D eigenvalue weighted by molar-refractivity contribution is 7.92. The van der Waals surface area contributed by atoms with Gasteiger partial charge in [0.2, 0.25) is 10.0 Å². The lowest BCUT2D eigenvalue weighted by Crippen LogP contribution is -2.50. The van der Waals surface area contributed by atoms with E-state index in [0.29, 0.717) is 5.02 Å². The molecule has 0 radical (unpaired) electrons. The van der Waals surface area contributed by atoms with Crippen molar-refractivity contribution in [3.63, 3.8) is 0 Å². The fourth-order valence-corrected chi connectivity index (χ4v) is 5.31. The second-order valence-corrected chi connectivity index (χ2v) is 13.1. The van der Waals surface area contributed by atoms with Crippen molar-refractivity contribution in [3.05, 3.63) is 53.1 Å². The third-order valence-electron chi connectivity index (χ3n) is 6.04. The second kappa shape index (κ2) is 10.9. The zero-order valence-corrected chi connectivity index (χ0v) is 22.8. The molecule has 0 aliphatic carbocycles. The van der Waals surface area contributed by atoms with Crippen molar-refractivity contribution in [2.24, 2.45) is 5.92 Å². The molecule has 2 N–H and O–H groups in total. The summed E-state index contributed by atoms with van der Waals surface area (Å²) in [4.78, 5) is 15.0. The zero-order chi connectivity index (χ0) is 26.8. The molecule has 0 saturated heterocycles. The maximum Gasteiger partial charge on any atom is 0.261 e. The summed E-state index contributed by atoms with van der Waals surface area (Å²) in [7, 11) is -6.00. The summed E-state index contributed by atoms with van der Waals surface area (Å²) in [5.41, 5.74) is 0.223. The van der Waals surface area contributed by atoms with Crippen molar-refractivity contribution < 1.29 is 31.5 Å². The quantitative estimate of drug-likeness (QED) is 0.506. The maximum absolute atomic E-state index is 13.5. The monoisotopic (exact) mass is 559 g/mol. The van der Waals surface area contributed by atoms with Crippen molar-refractivity contribution in [2.45, 2.75) is 30.9 Å². The van der Waals surface area contributed by atoms with Crippen LogP contribution in [0.15, 0.2) is 47.4 Å². The molecular weight excluding hydrogens is 530 g/mol.